The number of aromatic nitrogens is 1. The largest absolute Gasteiger partial charge is 0.495 e. The van der Waals surface area contributed by atoms with E-state index < -0.39 is 12.0 Å². The van der Waals surface area contributed by atoms with Gasteiger partial charge in [0, 0.05) is 66.8 Å². The maximum atomic E-state index is 14.3. The van der Waals surface area contributed by atoms with E-state index in [0.717, 1.165) is 41.3 Å². The number of ether oxygens (including phenoxy) is 1. The molecule has 3 fully saturated rings. The Bertz CT molecular complexity index is 2080. The number of benzene rings is 3. The number of likely N-dealkylation sites (N-methyl/N-ethyl adjacent to an activating group) is 1. The summed E-state index contributed by atoms with van der Waals surface area (Å²) in [6, 6.07) is 19.7. The molecule has 3 aromatic carbocycles. The smallest absolute Gasteiger partial charge is 0.254 e. The van der Waals surface area contributed by atoms with Gasteiger partial charge in [-0.1, -0.05) is 48.0 Å². The number of carbonyl (C=O) groups is 5. The summed E-state index contributed by atoms with van der Waals surface area (Å²) in [6.07, 6.45) is 5.56. The SMILES string of the molecule is CNC(=O)[C@H](CCCc1ccccc1)NC(=O)C1CN(C(=O)Cc2c[nH]c3cc(Cl)ccc23)CC2CN(C(=O)c3ccc(NC(=O)C4CC4)c(OC)c3)CC21. The van der Waals surface area contributed by atoms with Crippen LogP contribution in [0.2, 0.25) is 5.02 Å². The Hall–Kier alpha value is -5.36. The van der Waals surface area contributed by atoms with Gasteiger partial charge in [0.05, 0.1) is 25.1 Å². The first-order valence-electron chi connectivity index (χ1n) is 19.0. The number of anilines is 1. The van der Waals surface area contributed by atoms with Crippen molar-refractivity contribution in [2.45, 2.75) is 44.6 Å². The number of rotatable bonds is 13. The molecule has 1 aliphatic carbocycles. The molecule has 0 spiro atoms. The summed E-state index contributed by atoms with van der Waals surface area (Å²) in [6.45, 7) is 1.21. The molecule has 1 saturated carbocycles. The molecule has 55 heavy (non-hydrogen) atoms. The van der Waals surface area contributed by atoms with Crippen molar-refractivity contribution in [3.05, 3.63) is 94.6 Å². The first-order valence-corrected chi connectivity index (χ1v) is 19.4. The second-order valence-electron chi connectivity index (χ2n) is 15.0. The molecule has 13 heteroatoms. The number of nitrogens with zero attached hydrogens (tertiary/aromatic N) is 2. The van der Waals surface area contributed by atoms with E-state index >= 15 is 0 Å². The molecular formula is C42H47ClN6O6. The zero-order chi connectivity index (χ0) is 38.6. The van der Waals surface area contributed by atoms with Crippen LogP contribution < -0.4 is 20.7 Å². The molecule has 1 aromatic heterocycles. The van der Waals surface area contributed by atoms with Gasteiger partial charge in [0.15, 0.2) is 0 Å². The van der Waals surface area contributed by atoms with Crippen molar-refractivity contribution in [3.63, 3.8) is 0 Å². The summed E-state index contributed by atoms with van der Waals surface area (Å²) < 4.78 is 5.55. The van der Waals surface area contributed by atoms with E-state index in [0.29, 0.717) is 54.5 Å². The maximum absolute atomic E-state index is 14.3. The summed E-state index contributed by atoms with van der Waals surface area (Å²) in [5, 5.41) is 10.1. The minimum atomic E-state index is -0.755. The molecule has 7 rings (SSSR count). The lowest BCUT2D eigenvalue weighted by Crippen LogP contribution is -2.56. The van der Waals surface area contributed by atoms with Gasteiger partial charge in [0.1, 0.15) is 11.8 Å². The summed E-state index contributed by atoms with van der Waals surface area (Å²) in [4.78, 5) is 74.5. The molecule has 2 saturated heterocycles. The van der Waals surface area contributed by atoms with Crippen LogP contribution >= 0.6 is 11.6 Å². The minimum Gasteiger partial charge on any atom is -0.495 e. The number of halogens is 1. The van der Waals surface area contributed by atoms with Crippen molar-refractivity contribution >= 4 is 57.7 Å². The molecule has 4 atom stereocenters. The lowest BCUT2D eigenvalue weighted by Gasteiger charge is -2.40. The van der Waals surface area contributed by atoms with E-state index in [4.69, 9.17) is 16.3 Å². The van der Waals surface area contributed by atoms with Crippen LogP contribution in [0.1, 0.15) is 47.2 Å². The topological polar surface area (TPSA) is 153 Å². The third kappa shape index (κ3) is 8.64. The highest BCUT2D eigenvalue weighted by atomic mass is 35.5. The van der Waals surface area contributed by atoms with Crippen LogP contribution in [0, 0.1) is 23.7 Å². The number of methoxy groups -OCH3 is 1. The van der Waals surface area contributed by atoms with Gasteiger partial charge in [-0.25, -0.2) is 0 Å². The Morgan fingerprint density at radius 1 is 0.927 bits per heavy atom. The fourth-order valence-corrected chi connectivity index (χ4v) is 8.24. The van der Waals surface area contributed by atoms with Gasteiger partial charge < -0.3 is 35.5 Å². The second kappa shape index (κ2) is 16.6. The van der Waals surface area contributed by atoms with Crippen molar-refractivity contribution in [2.24, 2.45) is 23.7 Å². The summed E-state index contributed by atoms with van der Waals surface area (Å²) >= 11 is 6.19. The normalized spacial score (nSPS) is 19.7. The average Bonchev–Trinajstić information content (AvgIpc) is 3.86. The third-order valence-electron chi connectivity index (χ3n) is 11.3. The van der Waals surface area contributed by atoms with Crippen molar-refractivity contribution in [1.29, 1.82) is 0 Å². The van der Waals surface area contributed by atoms with Gasteiger partial charge in [-0.2, -0.15) is 0 Å². The maximum Gasteiger partial charge on any atom is 0.254 e. The van der Waals surface area contributed by atoms with Crippen molar-refractivity contribution in [2.75, 3.05) is 45.7 Å². The molecule has 0 radical (unpaired) electrons. The monoisotopic (exact) mass is 766 g/mol. The lowest BCUT2D eigenvalue weighted by atomic mass is 9.79. The fraction of sp³-hybridized carbons (Fsp3) is 0.405. The molecule has 3 unspecified atom stereocenters. The number of hydrogen-bond donors (Lipinski definition) is 4. The zero-order valence-corrected chi connectivity index (χ0v) is 31.9. The third-order valence-corrected chi connectivity index (χ3v) is 11.5. The number of hydrogen-bond acceptors (Lipinski definition) is 6. The first-order chi connectivity index (χ1) is 26.6. The Kier molecular flexibility index (Phi) is 11.4. The molecular weight excluding hydrogens is 720 g/mol. The van der Waals surface area contributed by atoms with E-state index in [1.54, 1.807) is 41.1 Å². The van der Waals surface area contributed by atoms with Crippen molar-refractivity contribution < 1.29 is 28.7 Å². The predicted molar refractivity (Wildman–Crippen MR) is 210 cm³/mol. The van der Waals surface area contributed by atoms with Crippen LogP contribution in [-0.2, 0) is 32.0 Å². The first kappa shape index (κ1) is 37.9. The summed E-state index contributed by atoms with van der Waals surface area (Å²) in [5.41, 5.74) is 3.71. The number of carbonyl (C=O) groups excluding carboxylic acids is 5. The molecule has 4 N–H and O–H groups in total. The van der Waals surface area contributed by atoms with E-state index in [1.807, 2.05) is 48.7 Å². The molecule has 0 bridgehead atoms. The van der Waals surface area contributed by atoms with E-state index in [1.165, 1.54) is 7.11 Å². The Labute approximate surface area is 325 Å². The Morgan fingerprint density at radius 2 is 1.71 bits per heavy atom. The van der Waals surface area contributed by atoms with Gasteiger partial charge in [0.2, 0.25) is 23.6 Å². The predicted octanol–water partition coefficient (Wildman–Crippen LogP) is 4.82. The quantitative estimate of drug-likeness (QED) is 0.153. The Balaban J connectivity index is 1.10. The van der Waals surface area contributed by atoms with Crippen LogP contribution in [0.4, 0.5) is 5.69 Å². The number of H-pyrrole nitrogens is 1. The van der Waals surface area contributed by atoms with Crippen molar-refractivity contribution in [3.8, 4) is 5.75 Å². The average molecular weight is 767 g/mol. The highest BCUT2D eigenvalue weighted by molar-refractivity contribution is 6.31. The number of likely N-dealkylation sites (tertiary alicyclic amines) is 2. The Morgan fingerprint density at radius 3 is 2.45 bits per heavy atom. The summed E-state index contributed by atoms with van der Waals surface area (Å²) in [7, 11) is 3.05. The van der Waals surface area contributed by atoms with Crippen molar-refractivity contribution in [1.82, 2.24) is 25.4 Å². The van der Waals surface area contributed by atoms with E-state index in [9.17, 15) is 24.0 Å². The standard InChI is InChI=1S/C42H47ClN6O6/c1-44-41(53)35(10-6-9-25-7-4-3-5-8-25)47-40(52)33-24-48(38(50)18-28-20-45-36-19-30(43)14-15-31(28)36)21-29-22-49(23-32(29)33)42(54)27-13-16-34(37(17-27)55-2)46-39(51)26-11-12-26/h3-5,7-8,13-17,19-20,26,29,32-33,35,45H,6,9-12,18,21-24H2,1-2H3,(H,44,53)(H,46,51)(H,47,52)/t29?,32?,33?,35-/m0/s1. The molecule has 12 nitrogen and oxygen atoms in total. The van der Waals surface area contributed by atoms with Gasteiger partial charge in [-0.15, -0.1) is 0 Å². The number of fused-ring (bicyclic) bond motifs is 2. The lowest BCUT2D eigenvalue weighted by molar-refractivity contribution is -0.140. The molecule has 5 amide bonds. The van der Waals surface area contributed by atoms with Crippen LogP contribution in [0.25, 0.3) is 10.9 Å². The molecule has 288 valence electrons. The van der Waals surface area contributed by atoms with Gasteiger partial charge in [0.25, 0.3) is 5.91 Å². The van der Waals surface area contributed by atoms with Crippen LogP contribution in [0.5, 0.6) is 5.75 Å². The number of aryl methyl sites for hydroxylation is 1. The molecule has 2 aliphatic heterocycles. The fourth-order valence-electron chi connectivity index (χ4n) is 8.07. The zero-order valence-electron chi connectivity index (χ0n) is 31.1. The highest BCUT2D eigenvalue weighted by Crippen LogP contribution is 2.38. The number of piperidine rings is 1. The van der Waals surface area contributed by atoms with Crippen LogP contribution in [-0.4, -0.2) is 90.7 Å². The second-order valence-corrected chi connectivity index (χ2v) is 15.4. The number of nitrogens with one attached hydrogen (secondary N) is 4. The number of aromatic amines is 1. The minimum absolute atomic E-state index is 0.0120. The summed E-state index contributed by atoms with van der Waals surface area (Å²) in [5.74, 6) is -1.68. The highest BCUT2D eigenvalue weighted by Gasteiger charge is 2.48. The molecule has 3 aliphatic rings. The van der Waals surface area contributed by atoms with Crippen LogP contribution in [0.15, 0.2) is 72.9 Å². The van der Waals surface area contributed by atoms with Gasteiger partial charge in [-0.3, -0.25) is 24.0 Å². The van der Waals surface area contributed by atoms with Crippen LogP contribution in [0.3, 0.4) is 0 Å². The molecule has 4 aromatic rings. The van der Waals surface area contributed by atoms with Gasteiger partial charge >= 0.3 is 0 Å². The van der Waals surface area contributed by atoms with E-state index in [2.05, 4.69) is 20.9 Å². The molecule has 3 heterocycles. The van der Waals surface area contributed by atoms with Gasteiger partial charge in [-0.05, 0) is 85.4 Å². The van der Waals surface area contributed by atoms with E-state index in [-0.39, 0.29) is 60.3 Å². The number of amides is 5.